The molecule has 3 aliphatic heterocycles. The zero-order valence-electron chi connectivity index (χ0n) is 16.2. The molecule has 0 unspecified atom stereocenters. The molecule has 3 aliphatic rings. The van der Waals surface area contributed by atoms with Crippen molar-refractivity contribution in [3.05, 3.63) is 0 Å². The van der Waals surface area contributed by atoms with Crippen molar-refractivity contribution in [1.82, 2.24) is 10.2 Å². The summed E-state index contributed by atoms with van der Waals surface area (Å²) >= 11 is 1.70. The van der Waals surface area contributed by atoms with Gasteiger partial charge in [0.2, 0.25) is 5.91 Å². The zero-order chi connectivity index (χ0) is 24.9. The summed E-state index contributed by atoms with van der Waals surface area (Å²) < 4.78 is 63.5. The van der Waals surface area contributed by atoms with E-state index in [1.807, 2.05) is 0 Å². The van der Waals surface area contributed by atoms with Crippen molar-refractivity contribution in [2.45, 2.75) is 48.6 Å². The summed E-state index contributed by atoms with van der Waals surface area (Å²) in [5.41, 5.74) is 5.72. The smallest absolute Gasteiger partial charge is 0.475 e. The van der Waals surface area contributed by atoms with Gasteiger partial charge in [0, 0.05) is 12.2 Å². The number of carbonyl (C=O) groups excluding carboxylic acids is 1. The van der Waals surface area contributed by atoms with E-state index in [1.165, 1.54) is 0 Å². The van der Waals surface area contributed by atoms with Crippen LogP contribution in [0.15, 0.2) is 0 Å². The first-order chi connectivity index (χ1) is 14.6. The molecule has 3 atom stereocenters. The first kappa shape index (κ1) is 27.8. The van der Waals surface area contributed by atoms with Crippen molar-refractivity contribution in [3.63, 3.8) is 0 Å². The molecule has 0 aromatic rings. The number of thioether (sulfide) groups is 1. The molecule has 0 aliphatic carbocycles. The van der Waals surface area contributed by atoms with E-state index in [-0.39, 0.29) is 23.2 Å². The minimum Gasteiger partial charge on any atom is -0.475 e. The number of nitriles is 1. The monoisotopic (exact) mass is 494 g/mol. The Bertz CT molecular complexity index is 729. The fraction of sp³-hybridized carbons (Fsp3) is 0.750. The molecule has 1 amide bonds. The lowest BCUT2D eigenvalue weighted by atomic mass is 9.77. The molecule has 16 heteroatoms. The lowest BCUT2D eigenvalue weighted by molar-refractivity contribution is -0.193. The Hall–Kier alpha value is -2.25. The Morgan fingerprint density at radius 1 is 1.12 bits per heavy atom. The Labute approximate surface area is 181 Å². The highest BCUT2D eigenvalue weighted by molar-refractivity contribution is 8.00. The van der Waals surface area contributed by atoms with Crippen molar-refractivity contribution in [1.29, 1.82) is 5.26 Å². The predicted octanol–water partition coefficient (Wildman–Crippen LogP) is 1.15. The largest absolute Gasteiger partial charge is 0.490 e. The maximum Gasteiger partial charge on any atom is 0.490 e. The van der Waals surface area contributed by atoms with Gasteiger partial charge in [-0.2, -0.15) is 31.6 Å². The zero-order valence-corrected chi connectivity index (χ0v) is 17.1. The van der Waals surface area contributed by atoms with E-state index in [9.17, 15) is 31.1 Å². The minimum atomic E-state index is -5.08. The molecule has 0 aromatic heterocycles. The number of nitrogens with two attached hydrogens (primary N) is 1. The van der Waals surface area contributed by atoms with Crippen LogP contribution in [0.5, 0.6) is 0 Å². The molecule has 0 radical (unpaired) electrons. The van der Waals surface area contributed by atoms with Crippen LogP contribution in [0.25, 0.3) is 0 Å². The molecule has 32 heavy (non-hydrogen) atoms. The Morgan fingerprint density at radius 2 is 1.56 bits per heavy atom. The van der Waals surface area contributed by atoms with Crippen molar-refractivity contribution < 1.29 is 50.9 Å². The number of hydrogen-bond acceptors (Lipinski definition) is 7. The van der Waals surface area contributed by atoms with Crippen molar-refractivity contribution in [3.8, 4) is 6.07 Å². The highest BCUT2D eigenvalue weighted by Gasteiger charge is 2.57. The highest BCUT2D eigenvalue weighted by Crippen LogP contribution is 2.45. The molecule has 0 spiro atoms. The molecule has 5 N–H and O–H groups in total. The molecule has 3 rings (SSSR count). The summed E-state index contributed by atoms with van der Waals surface area (Å²) in [7, 11) is 0. The third kappa shape index (κ3) is 6.87. The van der Waals surface area contributed by atoms with Crippen LogP contribution < -0.4 is 11.1 Å². The summed E-state index contributed by atoms with van der Waals surface area (Å²) in [6.45, 7) is 1.88. The van der Waals surface area contributed by atoms with Crippen LogP contribution in [-0.2, 0) is 14.4 Å². The number of carbonyl (C=O) groups is 3. The van der Waals surface area contributed by atoms with Gasteiger partial charge < -0.3 is 26.2 Å². The third-order valence-corrected chi connectivity index (χ3v) is 6.23. The number of amides is 1. The van der Waals surface area contributed by atoms with Crippen LogP contribution in [0.1, 0.15) is 19.3 Å². The number of nitrogens with zero attached hydrogens (tertiary/aromatic N) is 2. The second-order valence-corrected chi connectivity index (χ2v) is 8.23. The minimum absolute atomic E-state index is 0.0101. The van der Waals surface area contributed by atoms with Crippen molar-refractivity contribution in [2.24, 2.45) is 11.7 Å². The SMILES string of the molecule is N#C[C@@H]1CS[C@H]2C[C@](N)(C3CCNCC3)C(=O)N12.O=C(O)C(F)(F)F.O=C(O)C(F)(F)F. The fourth-order valence-corrected chi connectivity index (χ4v) is 4.82. The number of carboxylic acids is 2. The van der Waals surface area contributed by atoms with E-state index in [4.69, 9.17) is 30.8 Å². The van der Waals surface area contributed by atoms with Crippen molar-refractivity contribution in [2.75, 3.05) is 18.8 Å². The quantitative estimate of drug-likeness (QED) is 0.393. The predicted molar refractivity (Wildman–Crippen MR) is 97.0 cm³/mol. The van der Waals surface area contributed by atoms with Gasteiger partial charge in [-0.05, 0) is 31.8 Å². The number of aliphatic carboxylic acids is 2. The summed E-state index contributed by atoms with van der Waals surface area (Å²) in [5, 5.41) is 26.8. The van der Waals surface area contributed by atoms with Crippen LogP contribution in [-0.4, -0.2) is 81.1 Å². The summed E-state index contributed by atoms with van der Waals surface area (Å²) in [6.07, 6.45) is -7.53. The van der Waals surface area contributed by atoms with E-state index < -0.39 is 29.8 Å². The van der Waals surface area contributed by atoms with E-state index in [0.717, 1.165) is 31.7 Å². The highest BCUT2D eigenvalue weighted by atomic mass is 32.2. The van der Waals surface area contributed by atoms with Gasteiger partial charge >= 0.3 is 24.3 Å². The molecule has 9 nitrogen and oxygen atoms in total. The normalized spacial score (nSPS) is 27.9. The van der Waals surface area contributed by atoms with Gasteiger partial charge in [0.15, 0.2) is 0 Å². The summed E-state index contributed by atoms with van der Waals surface area (Å²) in [5.74, 6) is -4.51. The van der Waals surface area contributed by atoms with Gasteiger partial charge in [-0.3, -0.25) is 4.79 Å². The van der Waals surface area contributed by atoms with Gasteiger partial charge in [0.05, 0.1) is 11.4 Å². The molecular weight excluding hydrogens is 474 g/mol. The van der Waals surface area contributed by atoms with E-state index in [0.29, 0.717) is 6.42 Å². The number of nitrogens with one attached hydrogen (secondary N) is 1. The Kier molecular flexibility index (Phi) is 9.18. The molecule has 3 heterocycles. The number of halogens is 6. The van der Waals surface area contributed by atoms with E-state index in [2.05, 4.69) is 11.4 Å². The van der Waals surface area contributed by atoms with E-state index in [1.54, 1.807) is 16.7 Å². The third-order valence-electron chi connectivity index (χ3n) is 4.94. The number of piperidine rings is 1. The summed E-state index contributed by atoms with van der Waals surface area (Å²) in [6, 6.07) is 1.94. The van der Waals surface area contributed by atoms with Crippen LogP contribution in [0.4, 0.5) is 26.3 Å². The second-order valence-electron chi connectivity index (χ2n) is 7.02. The molecule has 182 valence electrons. The summed E-state index contributed by atoms with van der Waals surface area (Å²) in [4.78, 5) is 32.1. The molecule has 0 aromatic carbocycles. The van der Waals surface area contributed by atoms with Gasteiger partial charge in [0.25, 0.3) is 0 Å². The molecular formula is C16H20F6N4O5S. The topological polar surface area (TPSA) is 157 Å². The lowest BCUT2D eigenvalue weighted by Gasteiger charge is -2.35. The average Bonchev–Trinajstić information content (AvgIpc) is 3.20. The van der Waals surface area contributed by atoms with Gasteiger partial charge in [-0.25, -0.2) is 9.59 Å². The number of carboxylic acid groups (broad SMARTS) is 2. The fourth-order valence-electron chi connectivity index (χ4n) is 3.39. The maximum absolute atomic E-state index is 12.6. The molecule has 3 fully saturated rings. The lowest BCUT2D eigenvalue weighted by Crippen LogP contribution is -2.57. The van der Waals surface area contributed by atoms with Gasteiger partial charge in [0.1, 0.15) is 11.6 Å². The number of rotatable bonds is 1. The number of hydrogen-bond donors (Lipinski definition) is 4. The second kappa shape index (κ2) is 10.6. The Morgan fingerprint density at radius 3 is 1.94 bits per heavy atom. The number of fused-ring (bicyclic) bond motifs is 1. The first-order valence-corrected chi connectivity index (χ1v) is 10.0. The van der Waals surface area contributed by atoms with Crippen molar-refractivity contribution >= 4 is 29.6 Å². The van der Waals surface area contributed by atoms with Gasteiger partial charge in [-0.15, -0.1) is 11.8 Å². The van der Waals surface area contributed by atoms with E-state index >= 15 is 0 Å². The Balaban J connectivity index is 0.000000305. The van der Waals surface area contributed by atoms with Crippen LogP contribution in [0.3, 0.4) is 0 Å². The average molecular weight is 494 g/mol. The standard InChI is InChI=1S/C12H18N4OS.2C2HF3O2/c13-6-9-7-18-10-5-12(14,11(17)16(9)10)8-1-3-15-4-2-8;2*3-2(4,5)1(6)7/h8-10,15H,1-5,7,14H2;2*(H,6,7)/t9-,10+,12+;;/m1../s1. The van der Waals surface area contributed by atoms with Gasteiger partial charge in [-0.1, -0.05) is 0 Å². The molecule has 0 bridgehead atoms. The maximum atomic E-state index is 12.6. The van der Waals surface area contributed by atoms with Crippen LogP contribution >= 0.6 is 11.8 Å². The first-order valence-electron chi connectivity index (χ1n) is 8.99. The molecule has 3 saturated heterocycles. The number of alkyl halides is 6. The van der Waals surface area contributed by atoms with Crippen LogP contribution in [0, 0.1) is 17.2 Å². The molecule has 0 saturated carbocycles. The van der Waals surface area contributed by atoms with Crippen LogP contribution in [0.2, 0.25) is 0 Å².